The number of piperidine rings is 1. The molecule has 172 valence electrons. The van der Waals surface area contributed by atoms with Gasteiger partial charge in [0.1, 0.15) is 17.5 Å². The first kappa shape index (κ1) is 22.6. The number of hydrogen-bond acceptors (Lipinski definition) is 5. The first-order valence-electron chi connectivity index (χ1n) is 11.6. The number of benzene rings is 1. The highest BCUT2D eigenvalue weighted by Gasteiger charge is 2.29. The molecule has 1 N–H and O–H groups in total. The minimum Gasteiger partial charge on any atom is -0.369 e. The predicted molar refractivity (Wildman–Crippen MR) is 124 cm³/mol. The molecule has 1 fully saturated rings. The fourth-order valence-electron chi connectivity index (χ4n) is 4.72. The molecule has 6 nitrogen and oxygen atoms in total. The molecule has 0 spiro atoms. The van der Waals surface area contributed by atoms with Gasteiger partial charge in [0.15, 0.2) is 0 Å². The molecule has 1 aromatic carbocycles. The van der Waals surface area contributed by atoms with E-state index >= 15 is 0 Å². The summed E-state index contributed by atoms with van der Waals surface area (Å²) >= 11 is 0. The molecule has 32 heavy (non-hydrogen) atoms. The van der Waals surface area contributed by atoms with Crippen molar-refractivity contribution in [2.24, 2.45) is 0 Å². The van der Waals surface area contributed by atoms with E-state index in [4.69, 9.17) is 9.97 Å². The summed E-state index contributed by atoms with van der Waals surface area (Å²) in [5.74, 6) is 1.92. The third kappa shape index (κ3) is 4.93. The van der Waals surface area contributed by atoms with E-state index in [1.165, 1.54) is 12.1 Å². The van der Waals surface area contributed by atoms with Gasteiger partial charge < -0.3 is 15.1 Å². The van der Waals surface area contributed by atoms with Crippen molar-refractivity contribution in [3.8, 4) is 0 Å². The summed E-state index contributed by atoms with van der Waals surface area (Å²) in [6, 6.07) is 6.69. The second-order valence-electron chi connectivity index (χ2n) is 9.89. The quantitative estimate of drug-likeness (QED) is 0.769. The van der Waals surface area contributed by atoms with E-state index < -0.39 is 0 Å². The van der Waals surface area contributed by atoms with Crippen LogP contribution in [0.4, 0.5) is 10.2 Å². The summed E-state index contributed by atoms with van der Waals surface area (Å²) in [6.45, 7) is 9.86. The maximum Gasteiger partial charge on any atom is 0.219 e. The summed E-state index contributed by atoms with van der Waals surface area (Å²) in [4.78, 5) is 26.2. The smallest absolute Gasteiger partial charge is 0.219 e. The summed E-state index contributed by atoms with van der Waals surface area (Å²) in [5.41, 5.74) is 2.93. The van der Waals surface area contributed by atoms with Gasteiger partial charge in [-0.3, -0.25) is 4.79 Å². The Morgan fingerprint density at radius 2 is 1.97 bits per heavy atom. The van der Waals surface area contributed by atoms with Gasteiger partial charge >= 0.3 is 0 Å². The number of carbonyl (C=O) groups excluding carboxylic acids is 1. The minimum absolute atomic E-state index is 0.0752. The van der Waals surface area contributed by atoms with Crippen LogP contribution in [0.2, 0.25) is 0 Å². The zero-order valence-electron chi connectivity index (χ0n) is 19.6. The maximum atomic E-state index is 13.4. The summed E-state index contributed by atoms with van der Waals surface area (Å²) in [6.07, 6.45) is 3.01. The van der Waals surface area contributed by atoms with Crippen LogP contribution in [0, 0.1) is 5.82 Å². The Labute approximate surface area is 190 Å². The number of nitrogens with one attached hydrogen (secondary N) is 1. The van der Waals surface area contributed by atoms with Crippen molar-refractivity contribution in [2.45, 2.75) is 57.9 Å². The Morgan fingerprint density at radius 1 is 1.22 bits per heavy atom. The minimum atomic E-state index is -0.228. The van der Waals surface area contributed by atoms with Crippen molar-refractivity contribution in [3.63, 3.8) is 0 Å². The van der Waals surface area contributed by atoms with Crippen LogP contribution in [0.1, 0.15) is 62.2 Å². The molecule has 0 aliphatic carbocycles. The third-order valence-electron chi connectivity index (χ3n) is 6.84. The van der Waals surface area contributed by atoms with Crippen LogP contribution in [0.3, 0.4) is 0 Å². The van der Waals surface area contributed by atoms with Gasteiger partial charge in [-0.2, -0.15) is 0 Å². The zero-order chi connectivity index (χ0) is 22.9. The first-order valence-corrected chi connectivity index (χ1v) is 11.6. The average molecular weight is 440 g/mol. The molecule has 2 aliphatic heterocycles. The van der Waals surface area contributed by atoms with Gasteiger partial charge in [0.05, 0.1) is 12.2 Å². The molecule has 1 atom stereocenters. The van der Waals surface area contributed by atoms with Crippen molar-refractivity contribution in [3.05, 3.63) is 52.7 Å². The second-order valence-corrected chi connectivity index (χ2v) is 9.89. The molecule has 1 aromatic heterocycles. The van der Waals surface area contributed by atoms with Gasteiger partial charge in [-0.1, -0.05) is 26.0 Å². The lowest BCUT2D eigenvalue weighted by Crippen LogP contribution is -2.37. The Morgan fingerprint density at radius 3 is 2.66 bits per heavy atom. The molecule has 0 saturated carbocycles. The highest BCUT2D eigenvalue weighted by molar-refractivity contribution is 5.74. The van der Waals surface area contributed by atoms with E-state index in [0.717, 1.165) is 60.8 Å². The standard InChI is InChI=1S/C25H34FN5O/c1-17(32)31-13-11-22-21(15-31)24(29-23(28-22)18-6-5-12-30(4)14-18)27-16-25(2,3)19-7-9-20(26)10-8-19/h7-10,18H,5-6,11-16H2,1-4H3,(H,27,28,29)/t18-/m1/s1. The number of rotatable bonds is 5. The number of likely N-dealkylation sites (tertiary alicyclic amines) is 1. The molecule has 2 aromatic rings. The van der Waals surface area contributed by atoms with E-state index in [9.17, 15) is 9.18 Å². The van der Waals surface area contributed by atoms with Crippen LogP contribution >= 0.6 is 0 Å². The van der Waals surface area contributed by atoms with Crippen molar-refractivity contribution in [2.75, 3.05) is 38.5 Å². The number of likely N-dealkylation sites (N-methyl/N-ethyl adjacent to an activating group) is 1. The van der Waals surface area contributed by atoms with Crippen molar-refractivity contribution < 1.29 is 9.18 Å². The molecular formula is C25H34FN5O. The number of nitrogens with zero attached hydrogens (tertiary/aromatic N) is 4. The highest BCUT2D eigenvalue weighted by atomic mass is 19.1. The van der Waals surface area contributed by atoms with E-state index in [0.29, 0.717) is 25.6 Å². The van der Waals surface area contributed by atoms with E-state index in [2.05, 4.69) is 31.1 Å². The Bertz CT molecular complexity index is 975. The van der Waals surface area contributed by atoms with Crippen LogP contribution in [0.15, 0.2) is 24.3 Å². The lowest BCUT2D eigenvalue weighted by atomic mass is 9.84. The topological polar surface area (TPSA) is 61.4 Å². The van der Waals surface area contributed by atoms with Crippen LogP contribution in [-0.4, -0.2) is 58.9 Å². The average Bonchev–Trinajstić information content (AvgIpc) is 2.77. The normalized spacial score (nSPS) is 19.5. The molecule has 1 amide bonds. The molecule has 0 unspecified atom stereocenters. The molecule has 2 aliphatic rings. The van der Waals surface area contributed by atoms with Gasteiger partial charge in [0.25, 0.3) is 0 Å². The largest absolute Gasteiger partial charge is 0.369 e. The SMILES string of the molecule is CC(=O)N1CCc2nc([C@@H]3CCCN(C)C3)nc(NCC(C)(C)c3ccc(F)cc3)c2C1. The lowest BCUT2D eigenvalue weighted by molar-refractivity contribution is -0.129. The highest BCUT2D eigenvalue weighted by Crippen LogP contribution is 2.31. The molecule has 1 saturated heterocycles. The summed E-state index contributed by atoms with van der Waals surface area (Å²) in [5, 5.41) is 3.58. The van der Waals surface area contributed by atoms with Crippen LogP contribution in [0.5, 0.6) is 0 Å². The lowest BCUT2D eigenvalue weighted by Gasteiger charge is -2.33. The number of fused-ring (bicyclic) bond motifs is 1. The van der Waals surface area contributed by atoms with Gasteiger partial charge in [-0.15, -0.1) is 0 Å². The number of hydrogen-bond donors (Lipinski definition) is 1. The van der Waals surface area contributed by atoms with Gasteiger partial charge in [0, 0.05) is 49.9 Å². The molecule has 3 heterocycles. The fraction of sp³-hybridized carbons (Fsp3) is 0.560. The van der Waals surface area contributed by atoms with E-state index in [1.54, 1.807) is 6.92 Å². The van der Waals surface area contributed by atoms with Crippen LogP contribution < -0.4 is 5.32 Å². The first-order chi connectivity index (χ1) is 15.2. The van der Waals surface area contributed by atoms with Crippen molar-refractivity contribution in [1.82, 2.24) is 19.8 Å². The van der Waals surface area contributed by atoms with E-state index in [1.807, 2.05) is 17.0 Å². The van der Waals surface area contributed by atoms with Crippen molar-refractivity contribution >= 4 is 11.7 Å². The van der Waals surface area contributed by atoms with Gasteiger partial charge in [-0.25, -0.2) is 14.4 Å². The molecule has 4 rings (SSSR count). The molecule has 0 bridgehead atoms. The Hall–Kier alpha value is -2.54. The summed E-state index contributed by atoms with van der Waals surface area (Å²) in [7, 11) is 2.15. The molecular weight excluding hydrogens is 405 g/mol. The second kappa shape index (κ2) is 9.14. The number of amides is 1. The fourth-order valence-corrected chi connectivity index (χ4v) is 4.72. The third-order valence-corrected chi connectivity index (χ3v) is 6.84. The summed E-state index contributed by atoms with van der Waals surface area (Å²) < 4.78 is 13.4. The predicted octanol–water partition coefficient (Wildman–Crippen LogP) is 3.72. The van der Waals surface area contributed by atoms with Gasteiger partial charge in [-0.05, 0) is 44.1 Å². The number of anilines is 1. The van der Waals surface area contributed by atoms with Crippen molar-refractivity contribution in [1.29, 1.82) is 0 Å². The van der Waals surface area contributed by atoms with Crippen LogP contribution in [-0.2, 0) is 23.2 Å². The number of aromatic nitrogens is 2. The number of carbonyl (C=O) groups is 1. The molecule has 0 radical (unpaired) electrons. The number of halogens is 1. The maximum absolute atomic E-state index is 13.4. The molecule has 7 heteroatoms. The van der Waals surface area contributed by atoms with Gasteiger partial charge in [0.2, 0.25) is 5.91 Å². The van der Waals surface area contributed by atoms with E-state index in [-0.39, 0.29) is 17.1 Å². The Kier molecular flexibility index (Phi) is 6.47. The Balaban J connectivity index is 1.63. The van der Waals surface area contributed by atoms with Crippen LogP contribution in [0.25, 0.3) is 0 Å². The monoisotopic (exact) mass is 439 g/mol. The zero-order valence-corrected chi connectivity index (χ0v) is 19.6.